The molecule has 5 nitrogen and oxygen atoms in total. The number of aromatic nitrogens is 3. The number of rotatable bonds is 5. The fraction of sp³-hybridized carbons (Fsp3) is 0.136. The Kier molecular flexibility index (Phi) is 4.66. The van der Waals surface area contributed by atoms with Crippen LogP contribution in [0.15, 0.2) is 79.4 Å². The van der Waals surface area contributed by atoms with Crippen molar-refractivity contribution in [2.75, 3.05) is 0 Å². The summed E-state index contributed by atoms with van der Waals surface area (Å²) in [7, 11) is 0. The summed E-state index contributed by atoms with van der Waals surface area (Å²) in [6.45, 7) is 1.99. The van der Waals surface area contributed by atoms with Gasteiger partial charge in [-0.15, -0.1) is 0 Å². The summed E-state index contributed by atoms with van der Waals surface area (Å²) in [6.07, 6.45) is 3.52. The normalized spacial score (nSPS) is 12.0. The van der Waals surface area contributed by atoms with Gasteiger partial charge in [-0.25, -0.2) is 9.67 Å². The second-order valence-corrected chi connectivity index (χ2v) is 6.54. The Bertz CT molecular complexity index is 1050. The molecule has 1 N–H and O–H groups in total. The van der Waals surface area contributed by atoms with Crippen molar-refractivity contribution < 1.29 is 4.79 Å². The summed E-state index contributed by atoms with van der Waals surface area (Å²) in [5.41, 5.74) is 3.02. The highest BCUT2D eigenvalue weighted by Crippen LogP contribution is 2.20. The quantitative estimate of drug-likeness (QED) is 0.591. The third-order valence-electron chi connectivity index (χ3n) is 4.68. The maximum Gasteiger partial charge on any atom is 0.224 e. The molecule has 0 aliphatic carbocycles. The highest BCUT2D eigenvalue weighted by Gasteiger charge is 2.12. The van der Waals surface area contributed by atoms with E-state index in [1.807, 2.05) is 55.5 Å². The van der Waals surface area contributed by atoms with Crippen LogP contribution in [-0.2, 0) is 11.2 Å². The molecule has 0 fully saturated rings. The zero-order chi connectivity index (χ0) is 18.6. The molecule has 134 valence electrons. The van der Waals surface area contributed by atoms with E-state index in [4.69, 9.17) is 0 Å². The number of hydrogen-bond donors (Lipinski definition) is 1. The van der Waals surface area contributed by atoms with Gasteiger partial charge < -0.3 is 5.32 Å². The lowest BCUT2D eigenvalue weighted by Gasteiger charge is -2.15. The number of fused-ring (bicyclic) bond motifs is 1. The molecule has 0 aliphatic heterocycles. The van der Waals surface area contributed by atoms with Gasteiger partial charge in [0.15, 0.2) is 0 Å². The summed E-state index contributed by atoms with van der Waals surface area (Å²) in [5, 5.41) is 9.48. The molecule has 0 spiro atoms. The van der Waals surface area contributed by atoms with E-state index in [1.165, 1.54) is 6.33 Å². The summed E-state index contributed by atoms with van der Waals surface area (Å²) in [6, 6.07) is 22.1. The second-order valence-electron chi connectivity index (χ2n) is 6.54. The fourth-order valence-corrected chi connectivity index (χ4v) is 3.25. The molecule has 0 saturated heterocycles. The lowest BCUT2D eigenvalue weighted by atomic mass is 10.0. The summed E-state index contributed by atoms with van der Waals surface area (Å²) >= 11 is 0. The molecule has 1 aromatic heterocycles. The lowest BCUT2D eigenvalue weighted by molar-refractivity contribution is -0.121. The van der Waals surface area contributed by atoms with Crippen LogP contribution in [0, 0.1) is 0 Å². The third-order valence-corrected chi connectivity index (χ3v) is 4.68. The van der Waals surface area contributed by atoms with Crippen molar-refractivity contribution in [3.8, 4) is 5.69 Å². The summed E-state index contributed by atoms with van der Waals surface area (Å²) in [5.74, 6) is 0.0132. The Morgan fingerprint density at radius 3 is 2.59 bits per heavy atom. The number of carbonyl (C=O) groups is 1. The first-order valence-corrected chi connectivity index (χ1v) is 8.92. The van der Waals surface area contributed by atoms with Gasteiger partial charge >= 0.3 is 0 Å². The Balaban J connectivity index is 1.44. The number of nitrogens with one attached hydrogen (secondary N) is 1. The first kappa shape index (κ1) is 17.0. The molecule has 5 heteroatoms. The molecule has 3 aromatic carbocycles. The Morgan fingerprint density at radius 1 is 1.04 bits per heavy atom. The average molecular weight is 356 g/mol. The Morgan fingerprint density at radius 2 is 1.81 bits per heavy atom. The van der Waals surface area contributed by atoms with Crippen LogP contribution in [0.1, 0.15) is 24.1 Å². The highest BCUT2D eigenvalue weighted by molar-refractivity contribution is 5.90. The van der Waals surface area contributed by atoms with Crippen LogP contribution in [0.5, 0.6) is 0 Å². The SMILES string of the molecule is C[C@H](NC(=O)Cc1cccc2ccccc12)c1ccc(-n2cncn2)cc1. The highest BCUT2D eigenvalue weighted by atomic mass is 16.1. The molecule has 0 unspecified atom stereocenters. The van der Waals surface area contributed by atoms with Crippen molar-refractivity contribution in [1.29, 1.82) is 0 Å². The molecule has 0 radical (unpaired) electrons. The summed E-state index contributed by atoms with van der Waals surface area (Å²) in [4.78, 5) is 16.5. The van der Waals surface area contributed by atoms with Crippen molar-refractivity contribution in [3.05, 3.63) is 90.5 Å². The molecular weight excluding hydrogens is 336 g/mol. The van der Waals surface area contributed by atoms with E-state index in [0.717, 1.165) is 27.6 Å². The minimum absolute atomic E-state index is 0.0132. The van der Waals surface area contributed by atoms with Crippen LogP contribution in [0.2, 0.25) is 0 Å². The maximum absolute atomic E-state index is 12.6. The molecule has 1 heterocycles. The van der Waals surface area contributed by atoms with Crippen LogP contribution < -0.4 is 5.32 Å². The number of carbonyl (C=O) groups excluding carboxylic acids is 1. The van der Waals surface area contributed by atoms with E-state index in [0.29, 0.717) is 6.42 Å². The standard InChI is InChI=1S/C22H20N4O/c1-16(17-9-11-20(12-10-17)26-15-23-14-24-26)25-22(27)13-19-7-4-6-18-5-2-3-8-21(18)19/h2-12,14-16H,13H2,1H3,(H,25,27)/t16-/m0/s1. The molecule has 0 bridgehead atoms. The predicted molar refractivity (Wildman–Crippen MR) is 106 cm³/mol. The van der Waals surface area contributed by atoms with E-state index in [1.54, 1.807) is 11.0 Å². The molecular formula is C22H20N4O. The van der Waals surface area contributed by atoms with Crippen molar-refractivity contribution >= 4 is 16.7 Å². The minimum atomic E-state index is -0.0720. The molecule has 1 atom stereocenters. The number of hydrogen-bond acceptors (Lipinski definition) is 3. The smallest absolute Gasteiger partial charge is 0.224 e. The van der Waals surface area contributed by atoms with Gasteiger partial charge in [0.2, 0.25) is 5.91 Å². The third kappa shape index (κ3) is 3.72. The van der Waals surface area contributed by atoms with Crippen molar-refractivity contribution in [2.45, 2.75) is 19.4 Å². The summed E-state index contributed by atoms with van der Waals surface area (Å²) < 4.78 is 1.70. The van der Waals surface area contributed by atoms with Crippen LogP contribution in [0.3, 0.4) is 0 Å². The lowest BCUT2D eigenvalue weighted by Crippen LogP contribution is -2.28. The molecule has 1 amide bonds. The van der Waals surface area contributed by atoms with Crippen LogP contribution in [-0.4, -0.2) is 20.7 Å². The molecule has 27 heavy (non-hydrogen) atoms. The van der Waals surface area contributed by atoms with Gasteiger partial charge in [-0.3, -0.25) is 4.79 Å². The minimum Gasteiger partial charge on any atom is -0.349 e. The number of benzene rings is 3. The van der Waals surface area contributed by atoms with Crippen molar-refractivity contribution in [1.82, 2.24) is 20.1 Å². The first-order chi connectivity index (χ1) is 13.2. The van der Waals surface area contributed by atoms with Gasteiger partial charge in [0, 0.05) is 0 Å². The maximum atomic E-state index is 12.6. The van der Waals surface area contributed by atoms with Gasteiger partial charge in [0.05, 0.1) is 18.2 Å². The van der Waals surface area contributed by atoms with E-state index in [-0.39, 0.29) is 11.9 Å². The number of nitrogens with zero attached hydrogens (tertiary/aromatic N) is 3. The Hall–Kier alpha value is -3.47. The largest absolute Gasteiger partial charge is 0.349 e. The van der Waals surface area contributed by atoms with Gasteiger partial charge in [-0.1, -0.05) is 54.6 Å². The molecule has 0 aliphatic rings. The van der Waals surface area contributed by atoms with E-state index in [2.05, 4.69) is 33.6 Å². The topological polar surface area (TPSA) is 59.8 Å². The van der Waals surface area contributed by atoms with Crippen LogP contribution >= 0.6 is 0 Å². The van der Waals surface area contributed by atoms with Gasteiger partial charge in [0.25, 0.3) is 0 Å². The van der Waals surface area contributed by atoms with Gasteiger partial charge in [0.1, 0.15) is 12.7 Å². The molecule has 4 aromatic rings. The fourth-order valence-electron chi connectivity index (χ4n) is 3.25. The van der Waals surface area contributed by atoms with Crippen molar-refractivity contribution in [3.63, 3.8) is 0 Å². The van der Waals surface area contributed by atoms with Gasteiger partial charge in [-0.2, -0.15) is 5.10 Å². The zero-order valence-electron chi connectivity index (χ0n) is 15.0. The second kappa shape index (κ2) is 7.41. The predicted octanol–water partition coefficient (Wildman–Crippen LogP) is 3.84. The average Bonchev–Trinajstić information content (AvgIpc) is 3.23. The zero-order valence-corrected chi connectivity index (χ0v) is 15.0. The van der Waals surface area contributed by atoms with Crippen LogP contribution in [0.25, 0.3) is 16.5 Å². The van der Waals surface area contributed by atoms with Gasteiger partial charge in [-0.05, 0) is 41.0 Å². The van der Waals surface area contributed by atoms with E-state index in [9.17, 15) is 4.79 Å². The van der Waals surface area contributed by atoms with Crippen LogP contribution in [0.4, 0.5) is 0 Å². The number of amides is 1. The molecule has 0 saturated carbocycles. The molecule has 4 rings (SSSR count). The monoisotopic (exact) mass is 356 g/mol. The first-order valence-electron chi connectivity index (χ1n) is 8.92. The van der Waals surface area contributed by atoms with E-state index >= 15 is 0 Å². The van der Waals surface area contributed by atoms with E-state index < -0.39 is 0 Å². The van der Waals surface area contributed by atoms with Crippen molar-refractivity contribution in [2.24, 2.45) is 0 Å². The Labute approximate surface area is 157 Å².